The first-order valence-electron chi connectivity index (χ1n) is 17.8. The number of anilines is 2. The highest BCUT2D eigenvalue weighted by atomic mass is 32.2. The van der Waals surface area contributed by atoms with Gasteiger partial charge in [-0.2, -0.15) is 4.31 Å². The zero-order valence-electron chi connectivity index (χ0n) is 29.9. The van der Waals surface area contributed by atoms with Crippen molar-refractivity contribution < 1.29 is 17.9 Å². The monoisotopic (exact) mass is 721 g/mol. The summed E-state index contributed by atoms with van der Waals surface area (Å²) in [6, 6.07) is 13.0. The van der Waals surface area contributed by atoms with E-state index in [0.717, 1.165) is 64.8 Å². The van der Waals surface area contributed by atoms with Crippen LogP contribution in [-0.4, -0.2) is 74.3 Å². The lowest BCUT2D eigenvalue weighted by Gasteiger charge is -2.26. The van der Waals surface area contributed by atoms with Crippen molar-refractivity contribution in [1.29, 1.82) is 0 Å². The van der Waals surface area contributed by atoms with Crippen molar-refractivity contribution in [2.75, 3.05) is 29.9 Å². The number of pyridine rings is 1. The third-order valence-corrected chi connectivity index (χ3v) is 11.7. The highest BCUT2D eigenvalue weighted by Crippen LogP contribution is 2.34. The number of piperidine rings is 1. The summed E-state index contributed by atoms with van der Waals surface area (Å²) in [5, 5.41) is 11.7. The molecular weight excluding hydrogens is 679 g/mol. The average molecular weight is 722 g/mol. The summed E-state index contributed by atoms with van der Waals surface area (Å²) in [5.41, 5.74) is 6.91. The number of nitrogens with one attached hydrogen (secondary N) is 1. The molecule has 1 fully saturated rings. The molecule has 52 heavy (non-hydrogen) atoms. The summed E-state index contributed by atoms with van der Waals surface area (Å²) in [6.07, 6.45) is 10.1. The molecule has 1 atom stereocenters. The molecule has 1 saturated heterocycles. The highest BCUT2D eigenvalue weighted by Gasteiger charge is 2.35. The number of sulfonamides is 1. The van der Waals surface area contributed by atoms with Crippen molar-refractivity contribution in [3.63, 3.8) is 0 Å². The minimum atomic E-state index is -3.92. The van der Waals surface area contributed by atoms with Crippen molar-refractivity contribution in [2.24, 2.45) is 0 Å². The molecule has 14 heteroatoms. The largest absolute Gasteiger partial charge is 0.472 e. The number of amides is 1. The summed E-state index contributed by atoms with van der Waals surface area (Å²) >= 11 is 0. The zero-order chi connectivity index (χ0) is 36.4. The Morgan fingerprint density at radius 1 is 1.02 bits per heavy atom. The van der Waals surface area contributed by atoms with E-state index in [1.165, 1.54) is 23.0 Å². The highest BCUT2D eigenvalue weighted by molar-refractivity contribution is 7.89. The molecule has 270 valence electrons. The van der Waals surface area contributed by atoms with Gasteiger partial charge < -0.3 is 15.0 Å². The molecule has 0 unspecified atom stereocenters. The van der Waals surface area contributed by atoms with Crippen molar-refractivity contribution in [3.8, 4) is 5.88 Å². The van der Waals surface area contributed by atoms with E-state index in [1.807, 2.05) is 62.7 Å². The predicted molar refractivity (Wildman–Crippen MR) is 199 cm³/mol. The first kappa shape index (κ1) is 35.2. The molecule has 0 spiro atoms. The zero-order valence-corrected chi connectivity index (χ0v) is 30.7. The van der Waals surface area contributed by atoms with Crippen molar-refractivity contribution >= 4 is 44.2 Å². The fraction of sp³-hybridized carbons (Fsp3) is 0.368. The van der Waals surface area contributed by atoms with Crippen molar-refractivity contribution in [3.05, 3.63) is 94.9 Å². The molecule has 3 aromatic heterocycles. The second-order valence-electron chi connectivity index (χ2n) is 13.3. The van der Waals surface area contributed by atoms with Crippen LogP contribution >= 0.6 is 0 Å². The number of carbonyl (C=O) groups is 1. The Balaban J connectivity index is 1.25. The van der Waals surface area contributed by atoms with E-state index < -0.39 is 10.0 Å². The van der Waals surface area contributed by atoms with Crippen LogP contribution in [0.1, 0.15) is 67.3 Å². The van der Waals surface area contributed by atoms with Gasteiger partial charge >= 0.3 is 0 Å². The van der Waals surface area contributed by atoms with Crippen LogP contribution in [-0.2, 0) is 27.9 Å². The van der Waals surface area contributed by atoms with Crippen LogP contribution in [0, 0.1) is 13.8 Å². The number of hydrogen-bond donors (Lipinski definition) is 1. The maximum Gasteiger partial charge on any atom is 0.249 e. The summed E-state index contributed by atoms with van der Waals surface area (Å²) in [5.74, 6) is 0.425. The van der Waals surface area contributed by atoms with Gasteiger partial charge in [0.15, 0.2) is 0 Å². The maximum absolute atomic E-state index is 14.0. The van der Waals surface area contributed by atoms with Crippen LogP contribution < -0.4 is 15.0 Å². The molecule has 1 amide bonds. The van der Waals surface area contributed by atoms with Crippen molar-refractivity contribution in [2.45, 2.75) is 77.5 Å². The molecule has 7 rings (SSSR count). The van der Waals surface area contributed by atoms with Crippen LogP contribution in [0.25, 0.3) is 16.6 Å². The van der Waals surface area contributed by atoms with Crippen LogP contribution in [0.5, 0.6) is 5.88 Å². The molecule has 0 radical (unpaired) electrons. The number of ether oxygens (including phenoxy) is 1. The molecule has 5 heterocycles. The van der Waals surface area contributed by atoms with Gasteiger partial charge in [0.25, 0.3) is 0 Å². The molecule has 0 bridgehead atoms. The minimum Gasteiger partial charge on any atom is -0.472 e. The second-order valence-corrected chi connectivity index (χ2v) is 15.2. The SMILES string of the molecule is CC[C@@H]1CN(Cc2cc(C(=CC(=O)Nc3cnc(N4CCCCC4)nc3)c3ccc4c(nnn4CC)c3C)ccc2C)S(=O)(=O)c2cccnc2O1. The standard InChI is InChI=1S/C38H43N9O4S/c1-5-30-24-46(52(49,50)34-11-10-16-39-37(34)51-30)23-28-19-27(13-12-25(28)3)32(31-14-15-33-36(26(31)4)43-44-47(33)6-2)20-35(48)42-29-21-40-38(41-22-29)45-17-8-7-9-18-45/h10-16,19-22,30H,5-9,17-18,23-24H2,1-4H3,(H,42,48)/t30-/m1/s1. The van der Waals surface area contributed by atoms with E-state index in [4.69, 9.17) is 4.74 Å². The van der Waals surface area contributed by atoms with Crippen molar-refractivity contribution in [1.82, 2.24) is 34.3 Å². The first-order valence-corrected chi connectivity index (χ1v) is 19.2. The fourth-order valence-electron chi connectivity index (χ4n) is 6.84. The molecule has 1 N–H and O–H groups in total. The van der Waals surface area contributed by atoms with Gasteiger partial charge in [0.1, 0.15) is 16.5 Å². The molecule has 0 aliphatic carbocycles. The number of nitrogens with zero attached hydrogens (tertiary/aromatic N) is 8. The topological polar surface area (TPSA) is 148 Å². The Hall–Kier alpha value is -5.21. The first-order chi connectivity index (χ1) is 25.2. The van der Waals surface area contributed by atoms with Crippen LogP contribution in [0.2, 0.25) is 0 Å². The van der Waals surface area contributed by atoms with E-state index in [0.29, 0.717) is 30.2 Å². The van der Waals surface area contributed by atoms with Crippen LogP contribution in [0.15, 0.2) is 72.0 Å². The Labute approximate surface area is 303 Å². The number of rotatable bonds is 9. The number of aryl methyl sites for hydroxylation is 3. The molecule has 2 aliphatic rings. The normalized spacial score (nSPS) is 17.7. The Bertz CT molecular complexity index is 2250. The summed E-state index contributed by atoms with van der Waals surface area (Å²) in [6.45, 7) is 10.7. The molecule has 2 aromatic carbocycles. The average Bonchev–Trinajstić information content (AvgIpc) is 3.55. The molecular formula is C38H43N9O4S. The third kappa shape index (κ3) is 7.00. The second kappa shape index (κ2) is 14.8. The summed E-state index contributed by atoms with van der Waals surface area (Å²) < 4.78 is 37.3. The fourth-order valence-corrected chi connectivity index (χ4v) is 8.37. The van der Waals surface area contributed by atoms with E-state index in [1.54, 1.807) is 24.5 Å². The number of carbonyl (C=O) groups excluding carboxylic acids is 1. The summed E-state index contributed by atoms with van der Waals surface area (Å²) in [7, 11) is -3.92. The quantitative estimate of drug-likeness (QED) is 0.189. The van der Waals surface area contributed by atoms with E-state index in [2.05, 4.69) is 35.5 Å². The molecule has 5 aromatic rings. The number of benzene rings is 2. The lowest BCUT2D eigenvalue weighted by molar-refractivity contribution is -0.111. The Morgan fingerprint density at radius 2 is 1.81 bits per heavy atom. The lowest BCUT2D eigenvalue weighted by atomic mass is 9.91. The van der Waals surface area contributed by atoms with Gasteiger partial charge in [0, 0.05) is 38.5 Å². The molecule has 0 saturated carbocycles. The molecule has 13 nitrogen and oxygen atoms in total. The van der Waals surface area contributed by atoms with E-state index >= 15 is 0 Å². The number of hydrogen-bond acceptors (Lipinski definition) is 10. The Kier molecular flexibility index (Phi) is 10.0. The Morgan fingerprint density at radius 3 is 2.56 bits per heavy atom. The van der Waals surface area contributed by atoms with Crippen LogP contribution in [0.4, 0.5) is 11.6 Å². The van der Waals surface area contributed by atoms with E-state index in [-0.39, 0.29) is 35.9 Å². The maximum atomic E-state index is 14.0. The van der Waals surface area contributed by atoms with Crippen LogP contribution in [0.3, 0.4) is 0 Å². The van der Waals surface area contributed by atoms with Gasteiger partial charge in [-0.1, -0.05) is 30.3 Å². The lowest BCUT2D eigenvalue weighted by Crippen LogP contribution is -2.36. The van der Waals surface area contributed by atoms with Gasteiger partial charge in [-0.25, -0.2) is 28.1 Å². The third-order valence-electron chi connectivity index (χ3n) is 9.85. The van der Waals surface area contributed by atoms with Gasteiger partial charge in [-0.15, -0.1) is 5.10 Å². The van der Waals surface area contributed by atoms with Gasteiger partial charge in [0.05, 0.1) is 30.1 Å². The number of aromatic nitrogens is 6. The van der Waals surface area contributed by atoms with E-state index in [9.17, 15) is 13.2 Å². The number of fused-ring (bicyclic) bond motifs is 2. The predicted octanol–water partition coefficient (Wildman–Crippen LogP) is 5.68. The van der Waals surface area contributed by atoms with Gasteiger partial charge in [-0.05, 0) is 104 Å². The van der Waals surface area contributed by atoms with Gasteiger partial charge in [0.2, 0.25) is 27.8 Å². The minimum absolute atomic E-state index is 0.0500. The van der Waals surface area contributed by atoms with Gasteiger partial charge in [-0.3, -0.25) is 4.79 Å². The summed E-state index contributed by atoms with van der Waals surface area (Å²) in [4.78, 5) is 29.3. The smallest absolute Gasteiger partial charge is 0.249 e. The molecule has 2 aliphatic heterocycles.